The highest BCUT2D eigenvalue weighted by Gasteiger charge is 2.36. The number of ether oxygens (including phenoxy) is 1. The van der Waals surface area contributed by atoms with Gasteiger partial charge < -0.3 is 9.15 Å². The quantitative estimate of drug-likeness (QED) is 0.188. The molecule has 2 amide bonds. The van der Waals surface area contributed by atoms with Gasteiger partial charge in [0.25, 0.3) is 17.5 Å². The molecule has 0 radical (unpaired) electrons. The van der Waals surface area contributed by atoms with Gasteiger partial charge in [-0.05, 0) is 48.6 Å². The Balaban J connectivity index is 1.68. The number of amides is 2. The molecule has 0 aliphatic carbocycles. The fourth-order valence-electron chi connectivity index (χ4n) is 3.23. The van der Waals surface area contributed by atoms with Gasteiger partial charge in [-0.2, -0.15) is 0 Å². The van der Waals surface area contributed by atoms with Gasteiger partial charge >= 0.3 is 0 Å². The molecule has 1 N–H and O–H groups in total. The molecule has 0 unspecified atom stereocenters. The summed E-state index contributed by atoms with van der Waals surface area (Å²) in [6.07, 6.45) is 1.28. The molecule has 1 aromatic heterocycles. The first-order valence-corrected chi connectivity index (χ1v) is 10.2. The minimum atomic E-state index is -0.678. The number of nitrogens with one attached hydrogen (secondary N) is 1. The number of nitro groups is 1. The van der Waals surface area contributed by atoms with Crippen LogP contribution in [0, 0.1) is 10.1 Å². The Labute approximate surface area is 197 Å². The molecule has 3 aromatic rings. The smallest absolute Gasteiger partial charge is 0.270 e. The summed E-state index contributed by atoms with van der Waals surface area (Å²) in [7, 11) is 1.46. The van der Waals surface area contributed by atoms with Crippen molar-refractivity contribution < 1.29 is 23.7 Å². The maximum atomic E-state index is 13.2. The summed E-state index contributed by atoms with van der Waals surface area (Å²) < 4.78 is 11.0. The van der Waals surface area contributed by atoms with Crippen molar-refractivity contribution in [2.24, 2.45) is 0 Å². The lowest BCUT2D eigenvalue weighted by Gasteiger charge is -2.29. The first-order chi connectivity index (χ1) is 15.8. The third-order valence-electron chi connectivity index (χ3n) is 4.77. The lowest BCUT2D eigenvalue weighted by atomic mass is 10.1. The van der Waals surface area contributed by atoms with Gasteiger partial charge in [0.2, 0.25) is 0 Å². The topological polar surface area (TPSA) is 115 Å². The van der Waals surface area contributed by atoms with Crippen LogP contribution in [0.15, 0.2) is 64.6 Å². The number of halogens is 1. The van der Waals surface area contributed by atoms with Crippen molar-refractivity contribution in [2.75, 3.05) is 12.0 Å². The summed E-state index contributed by atoms with van der Waals surface area (Å²) >= 11 is 11.4. The van der Waals surface area contributed by atoms with Crippen molar-refractivity contribution in [1.82, 2.24) is 5.32 Å². The molecule has 0 bridgehead atoms. The number of hydrogen-bond donors (Lipinski definition) is 1. The summed E-state index contributed by atoms with van der Waals surface area (Å²) in [6.45, 7) is 0. The van der Waals surface area contributed by atoms with Crippen LogP contribution in [0.4, 0.5) is 11.4 Å². The average Bonchev–Trinajstić information content (AvgIpc) is 3.25. The van der Waals surface area contributed by atoms with Gasteiger partial charge in [0.1, 0.15) is 22.8 Å². The van der Waals surface area contributed by atoms with Crippen molar-refractivity contribution >= 4 is 58.2 Å². The Kier molecular flexibility index (Phi) is 5.95. The predicted octanol–water partition coefficient (Wildman–Crippen LogP) is 4.35. The Hall–Kier alpha value is -4.02. The number of furan rings is 1. The van der Waals surface area contributed by atoms with E-state index in [4.69, 9.17) is 33.0 Å². The highest BCUT2D eigenvalue weighted by atomic mass is 35.5. The van der Waals surface area contributed by atoms with Gasteiger partial charge in [-0.15, -0.1) is 0 Å². The molecular formula is C22H14ClN3O6S. The number of hydrogen-bond acceptors (Lipinski definition) is 7. The van der Waals surface area contributed by atoms with E-state index in [0.717, 1.165) is 0 Å². The van der Waals surface area contributed by atoms with E-state index in [-0.39, 0.29) is 27.2 Å². The zero-order valence-corrected chi connectivity index (χ0v) is 18.5. The van der Waals surface area contributed by atoms with Gasteiger partial charge in [0.05, 0.1) is 22.7 Å². The monoisotopic (exact) mass is 483 g/mol. The molecule has 166 valence electrons. The minimum absolute atomic E-state index is 0.0792. The summed E-state index contributed by atoms with van der Waals surface area (Å²) in [5.74, 6) is -0.424. The Bertz CT molecular complexity index is 1350. The minimum Gasteiger partial charge on any atom is -0.495 e. The second kappa shape index (κ2) is 8.85. The fourth-order valence-corrected chi connectivity index (χ4v) is 3.77. The molecule has 1 aliphatic heterocycles. The third kappa shape index (κ3) is 4.21. The van der Waals surface area contributed by atoms with Crippen LogP contribution in [0.5, 0.6) is 5.75 Å². The van der Waals surface area contributed by atoms with Crippen molar-refractivity contribution in [2.45, 2.75) is 0 Å². The molecule has 1 fully saturated rings. The number of non-ortho nitro benzene ring substituents is 1. The van der Waals surface area contributed by atoms with Crippen LogP contribution in [0.2, 0.25) is 5.02 Å². The number of carbonyl (C=O) groups excluding carboxylic acids is 2. The maximum absolute atomic E-state index is 13.2. The second-order valence-corrected chi connectivity index (χ2v) is 7.55. The molecule has 1 saturated heterocycles. The van der Waals surface area contributed by atoms with Crippen LogP contribution < -0.4 is 15.0 Å². The maximum Gasteiger partial charge on any atom is 0.270 e. The predicted molar refractivity (Wildman–Crippen MR) is 125 cm³/mol. The molecule has 0 spiro atoms. The SMILES string of the molecule is COc1ccccc1N1C(=O)/C(=C/c2ccc(-c3ccc([N+](=O)[O-])cc3Cl)o2)C(=O)NC1=S. The number of rotatable bonds is 5. The van der Waals surface area contributed by atoms with Gasteiger partial charge in [-0.25, -0.2) is 4.90 Å². The largest absolute Gasteiger partial charge is 0.495 e. The van der Waals surface area contributed by atoms with Crippen molar-refractivity contribution in [3.63, 3.8) is 0 Å². The molecule has 2 heterocycles. The van der Waals surface area contributed by atoms with Gasteiger partial charge in [-0.3, -0.25) is 25.0 Å². The molecule has 9 nitrogen and oxygen atoms in total. The summed E-state index contributed by atoms with van der Waals surface area (Å²) in [4.78, 5) is 37.2. The Morgan fingerprint density at radius 3 is 2.64 bits per heavy atom. The van der Waals surface area contributed by atoms with Gasteiger partial charge in [-0.1, -0.05) is 23.7 Å². The van der Waals surface area contributed by atoms with E-state index in [1.807, 2.05) is 0 Å². The third-order valence-corrected chi connectivity index (χ3v) is 5.37. The number of para-hydroxylation sites is 2. The zero-order chi connectivity index (χ0) is 23.7. The van der Waals surface area contributed by atoms with E-state index in [1.54, 1.807) is 36.4 Å². The summed E-state index contributed by atoms with van der Waals surface area (Å²) in [5.41, 5.74) is 0.432. The number of anilines is 1. The van der Waals surface area contributed by atoms with Crippen molar-refractivity contribution in [3.05, 3.63) is 81.1 Å². The molecule has 33 heavy (non-hydrogen) atoms. The van der Waals surface area contributed by atoms with Crippen LogP contribution in [0.3, 0.4) is 0 Å². The number of nitro benzene ring substituents is 1. The van der Waals surface area contributed by atoms with E-state index in [1.165, 1.54) is 36.3 Å². The molecule has 1 aliphatic rings. The first-order valence-electron chi connectivity index (χ1n) is 9.38. The highest BCUT2D eigenvalue weighted by Crippen LogP contribution is 2.34. The Morgan fingerprint density at radius 1 is 1.18 bits per heavy atom. The van der Waals surface area contributed by atoms with Gasteiger partial charge in [0, 0.05) is 17.7 Å². The number of methoxy groups -OCH3 is 1. The van der Waals surface area contributed by atoms with Crippen LogP contribution >= 0.6 is 23.8 Å². The zero-order valence-electron chi connectivity index (χ0n) is 16.9. The van der Waals surface area contributed by atoms with E-state index in [0.29, 0.717) is 22.8 Å². The molecular weight excluding hydrogens is 470 g/mol. The number of nitrogens with zero attached hydrogens (tertiary/aromatic N) is 2. The number of carbonyl (C=O) groups is 2. The second-order valence-electron chi connectivity index (χ2n) is 6.75. The molecule has 4 rings (SSSR count). The van der Waals surface area contributed by atoms with Crippen LogP contribution in [0.25, 0.3) is 17.4 Å². The highest BCUT2D eigenvalue weighted by molar-refractivity contribution is 7.80. The molecule has 2 aromatic carbocycles. The molecule has 0 saturated carbocycles. The van der Waals surface area contributed by atoms with Crippen LogP contribution in [-0.4, -0.2) is 29.0 Å². The summed E-state index contributed by atoms with van der Waals surface area (Å²) in [5, 5.41) is 13.4. The lowest BCUT2D eigenvalue weighted by Crippen LogP contribution is -2.54. The van der Waals surface area contributed by atoms with Crippen molar-refractivity contribution in [1.29, 1.82) is 0 Å². The van der Waals surface area contributed by atoms with Gasteiger partial charge in [0.15, 0.2) is 5.11 Å². The fraction of sp³-hybridized carbons (Fsp3) is 0.0455. The van der Waals surface area contributed by atoms with Crippen LogP contribution in [-0.2, 0) is 9.59 Å². The standard InChI is InChI=1S/C22H14ClN3O6S/c1-31-19-5-3-2-4-17(19)25-21(28)15(20(27)24-22(25)33)11-13-7-9-18(32-13)14-8-6-12(26(29)30)10-16(14)23/h2-11H,1H3,(H,24,27,33)/b15-11+. The Morgan fingerprint density at radius 2 is 1.94 bits per heavy atom. The first kappa shape index (κ1) is 22.2. The van der Waals surface area contributed by atoms with Crippen molar-refractivity contribution in [3.8, 4) is 17.1 Å². The normalized spacial score (nSPS) is 15.0. The number of benzene rings is 2. The van der Waals surface area contributed by atoms with E-state index in [2.05, 4.69) is 5.32 Å². The van der Waals surface area contributed by atoms with E-state index >= 15 is 0 Å². The molecule has 11 heteroatoms. The average molecular weight is 484 g/mol. The molecule has 0 atom stereocenters. The summed E-state index contributed by atoms with van der Waals surface area (Å²) in [6, 6.07) is 13.8. The number of thiocarbonyl (C=S) groups is 1. The lowest BCUT2D eigenvalue weighted by molar-refractivity contribution is -0.384. The van der Waals surface area contributed by atoms with E-state index < -0.39 is 16.7 Å². The van der Waals surface area contributed by atoms with Crippen LogP contribution in [0.1, 0.15) is 5.76 Å². The van der Waals surface area contributed by atoms with E-state index in [9.17, 15) is 19.7 Å².